The Morgan fingerprint density at radius 3 is 2.26 bits per heavy atom. The summed E-state index contributed by atoms with van der Waals surface area (Å²) in [7, 11) is -11.0. The molecule has 4 heterocycles. The Labute approximate surface area is 225 Å². The van der Waals surface area contributed by atoms with E-state index in [1.165, 1.54) is 48.7 Å². The number of rotatable bonds is 7. The van der Waals surface area contributed by atoms with Gasteiger partial charge in [0, 0.05) is 40.9 Å². The summed E-state index contributed by atoms with van der Waals surface area (Å²) in [6.07, 6.45) is -0.160. The summed E-state index contributed by atoms with van der Waals surface area (Å²) < 4.78 is 103. The molecule has 0 amide bonds. The molecule has 1 aromatic carbocycles. The summed E-state index contributed by atoms with van der Waals surface area (Å²) in [6, 6.07) is 11.9. The van der Waals surface area contributed by atoms with Gasteiger partial charge in [-0.15, -0.1) is 0 Å². The maximum atomic E-state index is 14.0. The number of halogens is 2. The second-order valence-corrected chi connectivity index (χ2v) is 15.0. The van der Waals surface area contributed by atoms with Crippen LogP contribution in [0.15, 0.2) is 76.8 Å². The number of hydrogen-bond donors (Lipinski definition) is 3. The summed E-state index contributed by atoms with van der Waals surface area (Å²) in [4.78, 5) is 7.98. The van der Waals surface area contributed by atoms with Crippen LogP contribution in [0.25, 0.3) is 22.3 Å². The quantitative estimate of drug-likeness (QED) is 0.282. The summed E-state index contributed by atoms with van der Waals surface area (Å²) in [5.41, 5.74) is -0.460. The van der Waals surface area contributed by atoms with Crippen molar-refractivity contribution in [2.75, 3.05) is 11.5 Å². The third kappa shape index (κ3) is 5.42. The Bertz CT molecular complexity index is 1720. The van der Waals surface area contributed by atoms with E-state index in [1.807, 2.05) is 0 Å². The third-order valence-electron chi connectivity index (χ3n) is 6.42. The minimum Gasteiger partial charge on any atom is -0.299 e. The lowest BCUT2D eigenvalue weighted by Gasteiger charge is -2.39. The largest absolute Gasteiger partial charge is 0.299 e. The fraction of sp³-hybridized carbons (Fsp3) is 0.250. The van der Waals surface area contributed by atoms with E-state index in [2.05, 4.69) is 14.7 Å². The van der Waals surface area contributed by atoms with Crippen LogP contribution in [-0.2, 0) is 20.0 Å². The molecule has 15 heteroatoms. The lowest BCUT2D eigenvalue weighted by molar-refractivity contribution is 0.145. The van der Waals surface area contributed by atoms with Crippen LogP contribution >= 0.6 is 10.6 Å². The summed E-state index contributed by atoms with van der Waals surface area (Å²) in [5.74, 6) is 0.241. The van der Waals surface area contributed by atoms with Crippen molar-refractivity contribution in [2.45, 2.75) is 35.1 Å². The molecule has 1 aliphatic heterocycles. The zero-order valence-electron chi connectivity index (χ0n) is 20.2. The maximum absolute atomic E-state index is 14.0. The lowest BCUT2D eigenvalue weighted by atomic mass is 10.1. The van der Waals surface area contributed by atoms with E-state index < -0.39 is 48.8 Å². The summed E-state index contributed by atoms with van der Waals surface area (Å²) >= 11 is 0. The lowest BCUT2D eigenvalue weighted by Crippen LogP contribution is -2.39. The Morgan fingerprint density at radius 2 is 1.64 bits per heavy atom. The van der Waals surface area contributed by atoms with E-state index in [0.717, 1.165) is 12.3 Å². The molecule has 0 bridgehead atoms. The average molecular weight is 599 g/mol. The third-order valence-corrected chi connectivity index (χ3v) is 11.4. The number of fused-ring (bicyclic) bond motifs is 1. The first-order valence-corrected chi connectivity index (χ1v) is 16.5. The first-order chi connectivity index (χ1) is 18.4. The van der Waals surface area contributed by atoms with Crippen LogP contribution in [0.1, 0.15) is 25.0 Å². The Kier molecular flexibility index (Phi) is 7.24. The molecule has 4 aromatic rings. The SMILES string of the molecule is O=S(=O)(NC1CCS(O)(O)CC1)c1ccc(-c2ccnc3c2cc(C(F)F)n3S(=O)(=O)c2ccccc2)nc1. The summed E-state index contributed by atoms with van der Waals surface area (Å²) in [5, 5.41) is 0.106. The second-order valence-electron chi connectivity index (χ2n) is 9.03. The monoisotopic (exact) mass is 598 g/mol. The molecule has 1 fully saturated rings. The number of sulfonamides is 1. The molecule has 3 aromatic heterocycles. The Morgan fingerprint density at radius 1 is 0.949 bits per heavy atom. The van der Waals surface area contributed by atoms with E-state index >= 15 is 0 Å². The van der Waals surface area contributed by atoms with Gasteiger partial charge in [0.15, 0.2) is 5.65 Å². The standard InChI is InChI=1S/C24H24F2N4O6S3/c25-23(26)22-14-20-19(8-11-27-24(20)30(22)39(35,36)17-4-2-1-3-5-17)21-7-6-18(15-28-21)38(33,34)29-16-9-12-37(31,32)13-10-16/h1-8,11,14-16,23,29,31-32H,9-10,12-13H2. The van der Waals surface area contributed by atoms with Gasteiger partial charge in [-0.05, 0) is 49.2 Å². The van der Waals surface area contributed by atoms with Crippen molar-refractivity contribution in [3.05, 3.63) is 72.7 Å². The highest BCUT2D eigenvalue weighted by atomic mass is 32.3. The van der Waals surface area contributed by atoms with E-state index in [0.29, 0.717) is 9.54 Å². The minimum absolute atomic E-state index is 0.106. The molecule has 3 N–H and O–H groups in total. The van der Waals surface area contributed by atoms with Gasteiger partial charge in [-0.25, -0.2) is 39.3 Å². The fourth-order valence-corrected chi connectivity index (χ4v) is 8.71. The zero-order chi connectivity index (χ0) is 28.0. The highest BCUT2D eigenvalue weighted by Gasteiger charge is 2.30. The number of hydrogen-bond acceptors (Lipinski definition) is 8. The van der Waals surface area contributed by atoms with E-state index in [1.54, 1.807) is 6.07 Å². The van der Waals surface area contributed by atoms with Crippen molar-refractivity contribution in [1.29, 1.82) is 0 Å². The van der Waals surface area contributed by atoms with Crippen LogP contribution in [0.4, 0.5) is 8.78 Å². The maximum Gasteiger partial charge on any atom is 0.279 e. The minimum atomic E-state index is -4.41. The van der Waals surface area contributed by atoms with Gasteiger partial charge < -0.3 is 0 Å². The molecule has 208 valence electrons. The normalized spacial score (nSPS) is 17.5. The van der Waals surface area contributed by atoms with Crippen molar-refractivity contribution >= 4 is 41.7 Å². The number of alkyl halides is 2. The molecule has 0 atom stereocenters. The van der Waals surface area contributed by atoms with Crippen LogP contribution in [0.3, 0.4) is 0 Å². The number of nitrogens with zero attached hydrogens (tertiary/aromatic N) is 3. The van der Waals surface area contributed by atoms with Crippen LogP contribution < -0.4 is 4.72 Å². The zero-order valence-corrected chi connectivity index (χ0v) is 22.6. The van der Waals surface area contributed by atoms with Crippen molar-refractivity contribution in [2.24, 2.45) is 0 Å². The van der Waals surface area contributed by atoms with Crippen molar-refractivity contribution < 1.29 is 34.7 Å². The molecule has 1 saturated heterocycles. The van der Waals surface area contributed by atoms with Crippen LogP contribution in [0.2, 0.25) is 0 Å². The van der Waals surface area contributed by atoms with Crippen LogP contribution in [0, 0.1) is 0 Å². The first kappa shape index (κ1) is 27.6. The number of aromatic nitrogens is 3. The van der Waals surface area contributed by atoms with Crippen molar-refractivity contribution in [3.8, 4) is 11.3 Å². The Balaban J connectivity index is 1.51. The van der Waals surface area contributed by atoms with E-state index in [4.69, 9.17) is 0 Å². The Hall–Kier alpha value is -2.95. The van der Waals surface area contributed by atoms with Crippen LogP contribution in [0.5, 0.6) is 0 Å². The summed E-state index contributed by atoms with van der Waals surface area (Å²) in [6.45, 7) is 0. The fourth-order valence-electron chi connectivity index (χ4n) is 4.43. The molecular weight excluding hydrogens is 574 g/mol. The highest BCUT2D eigenvalue weighted by Crippen LogP contribution is 2.44. The molecule has 5 rings (SSSR count). The number of pyridine rings is 2. The topological polar surface area (TPSA) is 151 Å². The highest BCUT2D eigenvalue weighted by molar-refractivity contribution is 8.24. The molecule has 0 radical (unpaired) electrons. The average Bonchev–Trinajstić information content (AvgIpc) is 3.32. The first-order valence-electron chi connectivity index (χ1n) is 11.7. The predicted octanol–water partition coefficient (Wildman–Crippen LogP) is 4.46. The molecule has 10 nitrogen and oxygen atoms in total. The molecular formula is C24H24F2N4O6S3. The number of nitrogens with one attached hydrogen (secondary N) is 1. The predicted molar refractivity (Wildman–Crippen MR) is 143 cm³/mol. The molecule has 0 spiro atoms. The molecule has 1 aliphatic rings. The van der Waals surface area contributed by atoms with Gasteiger partial charge in [0.2, 0.25) is 10.0 Å². The second kappa shape index (κ2) is 10.2. The van der Waals surface area contributed by atoms with Gasteiger partial charge in [-0.2, -0.15) is 10.6 Å². The van der Waals surface area contributed by atoms with Gasteiger partial charge in [0.05, 0.1) is 10.6 Å². The molecule has 0 aliphatic carbocycles. The van der Waals surface area contributed by atoms with Gasteiger partial charge in [0.1, 0.15) is 10.6 Å². The smallest absolute Gasteiger partial charge is 0.279 e. The molecule has 39 heavy (non-hydrogen) atoms. The van der Waals surface area contributed by atoms with Gasteiger partial charge in [-0.1, -0.05) is 18.2 Å². The number of benzene rings is 1. The van der Waals surface area contributed by atoms with Crippen molar-refractivity contribution in [1.82, 2.24) is 18.7 Å². The van der Waals surface area contributed by atoms with Gasteiger partial charge in [0.25, 0.3) is 16.4 Å². The van der Waals surface area contributed by atoms with Crippen molar-refractivity contribution in [3.63, 3.8) is 0 Å². The van der Waals surface area contributed by atoms with E-state index in [9.17, 15) is 34.7 Å². The van der Waals surface area contributed by atoms with Crippen LogP contribution in [-0.4, -0.2) is 57.4 Å². The van der Waals surface area contributed by atoms with E-state index in [-0.39, 0.29) is 50.9 Å². The molecule has 0 unspecified atom stereocenters. The molecule has 0 saturated carbocycles. The van der Waals surface area contributed by atoms with Gasteiger partial charge >= 0.3 is 0 Å². The van der Waals surface area contributed by atoms with Gasteiger partial charge in [-0.3, -0.25) is 14.1 Å².